The van der Waals surface area contributed by atoms with Gasteiger partial charge in [0.15, 0.2) is 0 Å². The summed E-state index contributed by atoms with van der Waals surface area (Å²) in [4.78, 5) is 5.14. The summed E-state index contributed by atoms with van der Waals surface area (Å²) in [6.07, 6.45) is 3.03. The van der Waals surface area contributed by atoms with Crippen molar-refractivity contribution in [3.05, 3.63) is 0 Å². The smallest absolute Gasteiger partial charge is 0.0782 e. The molecule has 0 aromatic rings. The van der Waals surface area contributed by atoms with E-state index in [1.54, 1.807) is 0 Å². The zero-order valence-corrected chi connectivity index (χ0v) is 15.5. The van der Waals surface area contributed by atoms with Crippen LogP contribution in [0.15, 0.2) is 0 Å². The van der Waals surface area contributed by atoms with Crippen molar-refractivity contribution in [2.45, 2.75) is 84.3 Å². The number of morpholine rings is 2. The lowest BCUT2D eigenvalue weighted by atomic mass is 9.94. The Balaban J connectivity index is 1.83. The maximum atomic E-state index is 6.14. The van der Waals surface area contributed by atoms with Crippen LogP contribution >= 0.6 is 0 Å². The van der Waals surface area contributed by atoms with E-state index in [1.165, 1.54) is 6.42 Å². The molecule has 130 valence electrons. The molecule has 0 radical (unpaired) electrons. The first-order valence-electron chi connectivity index (χ1n) is 9.06. The molecule has 0 aliphatic carbocycles. The van der Waals surface area contributed by atoms with E-state index in [1.807, 2.05) is 0 Å². The van der Waals surface area contributed by atoms with Crippen molar-refractivity contribution in [2.75, 3.05) is 32.8 Å². The highest BCUT2D eigenvalue weighted by atomic mass is 16.5. The van der Waals surface area contributed by atoms with Gasteiger partial charge in [-0.1, -0.05) is 0 Å². The fourth-order valence-corrected chi connectivity index (χ4v) is 3.83. The summed E-state index contributed by atoms with van der Waals surface area (Å²) in [5, 5.41) is 0. The van der Waals surface area contributed by atoms with E-state index in [0.29, 0.717) is 24.3 Å². The van der Waals surface area contributed by atoms with Crippen molar-refractivity contribution in [2.24, 2.45) is 0 Å². The van der Waals surface area contributed by atoms with Crippen LogP contribution in [0, 0.1) is 0 Å². The highest BCUT2D eigenvalue weighted by Crippen LogP contribution is 2.26. The topological polar surface area (TPSA) is 24.9 Å². The van der Waals surface area contributed by atoms with Crippen LogP contribution < -0.4 is 0 Å². The fourth-order valence-electron chi connectivity index (χ4n) is 3.83. The van der Waals surface area contributed by atoms with Gasteiger partial charge in [-0.05, 0) is 54.4 Å². The molecule has 22 heavy (non-hydrogen) atoms. The van der Waals surface area contributed by atoms with Crippen molar-refractivity contribution >= 4 is 0 Å². The van der Waals surface area contributed by atoms with E-state index in [2.05, 4.69) is 51.3 Å². The monoisotopic (exact) mass is 312 g/mol. The lowest BCUT2D eigenvalue weighted by Gasteiger charge is -2.44. The van der Waals surface area contributed by atoms with Gasteiger partial charge in [0, 0.05) is 38.3 Å². The van der Waals surface area contributed by atoms with Crippen molar-refractivity contribution in [3.8, 4) is 0 Å². The minimum atomic E-state index is 0.0142. The van der Waals surface area contributed by atoms with Gasteiger partial charge in [-0.15, -0.1) is 0 Å². The third-order valence-electron chi connectivity index (χ3n) is 5.26. The molecule has 0 bridgehead atoms. The maximum absolute atomic E-state index is 6.14. The second kappa shape index (κ2) is 7.61. The second-order valence-corrected chi connectivity index (χ2v) is 7.96. The molecular weight excluding hydrogens is 276 g/mol. The molecule has 2 unspecified atom stereocenters. The number of ether oxygens (including phenoxy) is 2. The van der Waals surface area contributed by atoms with Gasteiger partial charge in [0.2, 0.25) is 0 Å². The molecule has 0 aromatic carbocycles. The van der Waals surface area contributed by atoms with Crippen LogP contribution in [0.4, 0.5) is 0 Å². The molecule has 0 saturated carbocycles. The maximum Gasteiger partial charge on any atom is 0.0782 e. The fraction of sp³-hybridized carbons (Fsp3) is 1.00. The van der Waals surface area contributed by atoms with Gasteiger partial charge in [0.1, 0.15) is 0 Å². The molecule has 2 heterocycles. The van der Waals surface area contributed by atoms with E-state index < -0.39 is 0 Å². The van der Waals surface area contributed by atoms with E-state index in [0.717, 1.165) is 39.2 Å². The summed E-state index contributed by atoms with van der Waals surface area (Å²) >= 11 is 0. The predicted octanol–water partition coefficient (Wildman–Crippen LogP) is 2.76. The largest absolute Gasteiger partial charge is 0.373 e. The van der Waals surface area contributed by atoms with Gasteiger partial charge in [0.25, 0.3) is 0 Å². The van der Waals surface area contributed by atoms with Crippen LogP contribution in [0.3, 0.4) is 0 Å². The third-order valence-corrected chi connectivity index (χ3v) is 5.26. The summed E-state index contributed by atoms with van der Waals surface area (Å²) in [5.74, 6) is 0. The Bertz CT molecular complexity index is 340. The Kier molecular flexibility index (Phi) is 6.29. The Morgan fingerprint density at radius 3 is 2.32 bits per heavy atom. The van der Waals surface area contributed by atoms with Crippen molar-refractivity contribution < 1.29 is 9.47 Å². The molecule has 4 atom stereocenters. The van der Waals surface area contributed by atoms with Crippen molar-refractivity contribution in [1.82, 2.24) is 9.80 Å². The number of nitrogens with zero attached hydrogens (tertiary/aromatic N) is 2. The third kappa shape index (κ3) is 4.92. The summed E-state index contributed by atoms with van der Waals surface area (Å²) in [7, 11) is 0. The Morgan fingerprint density at radius 2 is 1.73 bits per heavy atom. The molecule has 2 rings (SSSR count). The van der Waals surface area contributed by atoms with Crippen LogP contribution in [0.5, 0.6) is 0 Å². The van der Waals surface area contributed by atoms with Gasteiger partial charge < -0.3 is 9.47 Å². The molecule has 2 aliphatic rings. The van der Waals surface area contributed by atoms with E-state index >= 15 is 0 Å². The summed E-state index contributed by atoms with van der Waals surface area (Å²) in [5.41, 5.74) is 0.0142. The minimum Gasteiger partial charge on any atom is -0.373 e. The van der Waals surface area contributed by atoms with Gasteiger partial charge in [-0.3, -0.25) is 9.80 Å². The normalized spacial score (nSPS) is 36.7. The first kappa shape index (κ1) is 18.2. The predicted molar refractivity (Wildman–Crippen MR) is 91.3 cm³/mol. The molecule has 2 fully saturated rings. The molecule has 0 N–H and O–H groups in total. The van der Waals surface area contributed by atoms with Gasteiger partial charge in [0.05, 0.1) is 24.4 Å². The average Bonchev–Trinajstić information content (AvgIpc) is 2.44. The standard InChI is InChI=1S/C18H36N2O2/c1-14(2)19-9-10-21-18(6,13-19)8-7-15(3)20-11-16(4)22-17(5)12-20/h14-17H,7-13H2,1-6H3/t15?,16-,17-,18?/m0/s1. The van der Waals surface area contributed by atoms with Crippen molar-refractivity contribution in [1.29, 1.82) is 0 Å². The summed E-state index contributed by atoms with van der Waals surface area (Å²) < 4.78 is 12.0. The number of hydrogen-bond acceptors (Lipinski definition) is 4. The average molecular weight is 312 g/mol. The lowest BCUT2D eigenvalue weighted by molar-refractivity contribution is -0.115. The zero-order chi connectivity index (χ0) is 16.3. The molecule has 0 amide bonds. The molecule has 0 spiro atoms. The van der Waals surface area contributed by atoms with Crippen LogP contribution in [-0.4, -0.2) is 72.5 Å². The lowest BCUT2D eigenvalue weighted by Crippen LogP contribution is -2.53. The second-order valence-electron chi connectivity index (χ2n) is 7.96. The summed E-state index contributed by atoms with van der Waals surface area (Å²) in [6.45, 7) is 18.7. The Labute approximate surface area is 137 Å². The molecule has 0 aromatic heterocycles. The van der Waals surface area contributed by atoms with Gasteiger partial charge >= 0.3 is 0 Å². The number of hydrogen-bond donors (Lipinski definition) is 0. The van der Waals surface area contributed by atoms with Crippen LogP contribution in [0.25, 0.3) is 0 Å². The van der Waals surface area contributed by atoms with Crippen LogP contribution in [-0.2, 0) is 9.47 Å². The number of rotatable bonds is 5. The molecule has 2 aliphatic heterocycles. The first-order valence-corrected chi connectivity index (χ1v) is 9.06. The van der Waals surface area contributed by atoms with Gasteiger partial charge in [-0.2, -0.15) is 0 Å². The van der Waals surface area contributed by atoms with Crippen molar-refractivity contribution in [3.63, 3.8) is 0 Å². The first-order chi connectivity index (χ1) is 10.3. The highest BCUT2D eigenvalue weighted by Gasteiger charge is 2.34. The Morgan fingerprint density at radius 1 is 1.09 bits per heavy atom. The summed E-state index contributed by atoms with van der Waals surface area (Å²) in [6, 6.07) is 1.21. The van der Waals surface area contributed by atoms with E-state index in [-0.39, 0.29) is 5.60 Å². The molecular formula is C18H36N2O2. The van der Waals surface area contributed by atoms with E-state index in [9.17, 15) is 0 Å². The van der Waals surface area contributed by atoms with Crippen LogP contribution in [0.2, 0.25) is 0 Å². The van der Waals surface area contributed by atoms with Gasteiger partial charge in [-0.25, -0.2) is 0 Å². The van der Waals surface area contributed by atoms with Crippen LogP contribution in [0.1, 0.15) is 54.4 Å². The molecule has 4 heteroatoms. The zero-order valence-electron chi connectivity index (χ0n) is 15.5. The Hall–Kier alpha value is -0.160. The highest BCUT2D eigenvalue weighted by molar-refractivity contribution is 4.87. The SMILES string of the molecule is CC(C)N1CCOC(C)(CCC(C)N2C[C@H](C)O[C@@H](C)C2)C1. The molecule has 4 nitrogen and oxygen atoms in total. The molecule has 2 saturated heterocycles. The minimum absolute atomic E-state index is 0.0142. The van der Waals surface area contributed by atoms with E-state index in [4.69, 9.17) is 9.47 Å². The quantitative estimate of drug-likeness (QED) is 0.779.